The third kappa shape index (κ3) is 2.70. The van der Waals surface area contributed by atoms with Gasteiger partial charge >= 0.3 is 0 Å². The summed E-state index contributed by atoms with van der Waals surface area (Å²) in [6.45, 7) is 4.93. The maximum Gasteiger partial charge on any atom is -0.00202 e. The molecule has 0 aromatic heterocycles. The van der Waals surface area contributed by atoms with Gasteiger partial charge in [-0.15, -0.1) is 0 Å². The van der Waals surface area contributed by atoms with Crippen molar-refractivity contribution in [2.75, 3.05) is 13.1 Å². The number of hydrogen-bond acceptors (Lipinski definition) is 1. The molecule has 1 N–H and O–H groups in total. The molecule has 0 bridgehead atoms. The first-order chi connectivity index (χ1) is 6.34. The minimum Gasteiger partial charge on any atom is -0.316 e. The van der Waals surface area contributed by atoms with Gasteiger partial charge < -0.3 is 5.32 Å². The summed E-state index contributed by atoms with van der Waals surface area (Å²) >= 11 is 0. The summed E-state index contributed by atoms with van der Waals surface area (Å²) in [5, 5.41) is 3.56. The molecule has 2 fully saturated rings. The highest BCUT2D eigenvalue weighted by molar-refractivity contribution is 4.78. The van der Waals surface area contributed by atoms with Crippen LogP contribution < -0.4 is 5.32 Å². The SMILES string of the molecule is CC1CNCC(CC2CCCC2)C1. The van der Waals surface area contributed by atoms with E-state index in [1.165, 1.54) is 51.6 Å². The van der Waals surface area contributed by atoms with E-state index in [9.17, 15) is 0 Å². The van der Waals surface area contributed by atoms with Gasteiger partial charge in [0.15, 0.2) is 0 Å². The van der Waals surface area contributed by atoms with E-state index in [0.29, 0.717) is 0 Å². The molecule has 0 aromatic rings. The van der Waals surface area contributed by atoms with E-state index >= 15 is 0 Å². The number of nitrogens with one attached hydrogen (secondary N) is 1. The molecule has 2 unspecified atom stereocenters. The van der Waals surface area contributed by atoms with Gasteiger partial charge in [0, 0.05) is 0 Å². The Labute approximate surface area is 82.3 Å². The second-order valence-electron chi connectivity index (χ2n) is 5.25. The zero-order chi connectivity index (χ0) is 9.10. The average molecular weight is 181 g/mol. The summed E-state index contributed by atoms with van der Waals surface area (Å²) in [7, 11) is 0. The fraction of sp³-hybridized carbons (Fsp3) is 1.00. The van der Waals surface area contributed by atoms with E-state index in [1.807, 2.05) is 0 Å². The second-order valence-corrected chi connectivity index (χ2v) is 5.25. The number of rotatable bonds is 2. The Balaban J connectivity index is 1.73. The first-order valence-electron chi connectivity index (χ1n) is 6.05. The molecule has 76 valence electrons. The lowest BCUT2D eigenvalue weighted by molar-refractivity contribution is 0.256. The van der Waals surface area contributed by atoms with Crippen molar-refractivity contribution in [3.05, 3.63) is 0 Å². The third-order valence-corrected chi connectivity index (χ3v) is 3.80. The molecule has 2 aliphatic rings. The van der Waals surface area contributed by atoms with Crippen LogP contribution in [-0.2, 0) is 0 Å². The molecule has 0 aromatic carbocycles. The smallest absolute Gasteiger partial charge is 0.00202 e. The summed E-state index contributed by atoms with van der Waals surface area (Å²) in [6.07, 6.45) is 9.03. The number of hydrogen-bond donors (Lipinski definition) is 1. The monoisotopic (exact) mass is 181 g/mol. The van der Waals surface area contributed by atoms with Crippen LogP contribution in [0.3, 0.4) is 0 Å². The van der Waals surface area contributed by atoms with E-state index in [-0.39, 0.29) is 0 Å². The van der Waals surface area contributed by atoms with E-state index in [2.05, 4.69) is 12.2 Å². The fourth-order valence-corrected chi connectivity index (χ4v) is 3.17. The normalized spacial score (nSPS) is 36.7. The number of piperidine rings is 1. The van der Waals surface area contributed by atoms with Crippen molar-refractivity contribution in [1.29, 1.82) is 0 Å². The predicted molar refractivity (Wildman–Crippen MR) is 56.7 cm³/mol. The molecule has 1 aliphatic heterocycles. The molecule has 2 atom stereocenters. The third-order valence-electron chi connectivity index (χ3n) is 3.80. The molecule has 1 heterocycles. The Bertz CT molecular complexity index is 149. The van der Waals surface area contributed by atoms with Gasteiger partial charge in [-0.1, -0.05) is 32.6 Å². The zero-order valence-electron chi connectivity index (χ0n) is 8.89. The summed E-state index contributed by atoms with van der Waals surface area (Å²) < 4.78 is 0. The van der Waals surface area contributed by atoms with Crippen molar-refractivity contribution < 1.29 is 0 Å². The molecule has 0 amide bonds. The van der Waals surface area contributed by atoms with Crippen LogP contribution in [0.2, 0.25) is 0 Å². The Morgan fingerprint density at radius 3 is 2.54 bits per heavy atom. The predicted octanol–water partition coefficient (Wildman–Crippen LogP) is 2.81. The minimum atomic E-state index is 0.917. The van der Waals surface area contributed by atoms with Crippen LogP contribution >= 0.6 is 0 Å². The minimum absolute atomic E-state index is 0.917. The Kier molecular flexibility index (Phi) is 3.26. The highest BCUT2D eigenvalue weighted by atomic mass is 14.9. The van der Waals surface area contributed by atoms with Crippen molar-refractivity contribution in [1.82, 2.24) is 5.32 Å². The van der Waals surface area contributed by atoms with Crippen molar-refractivity contribution in [2.24, 2.45) is 17.8 Å². The topological polar surface area (TPSA) is 12.0 Å². The molecule has 2 rings (SSSR count). The van der Waals surface area contributed by atoms with Crippen LogP contribution in [0.1, 0.15) is 45.4 Å². The highest BCUT2D eigenvalue weighted by Gasteiger charge is 2.23. The Morgan fingerprint density at radius 2 is 1.85 bits per heavy atom. The largest absolute Gasteiger partial charge is 0.316 e. The van der Waals surface area contributed by atoms with Gasteiger partial charge in [0.2, 0.25) is 0 Å². The van der Waals surface area contributed by atoms with Gasteiger partial charge in [-0.05, 0) is 43.7 Å². The van der Waals surface area contributed by atoms with Gasteiger partial charge in [0.05, 0.1) is 0 Å². The first-order valence-corrected chi connectivity index (χ1v) is 6.05. The molecule has 1 heteroatoms. The van der Waals surface area contributed by atoms with Crippen LogP contribution in [-0.4, -0.2) is 13.1 Å². The molecular weight excluding hydrogens is 158 g/mol. The summed E-state index contributed by atoms with van der Waals surface area (Å²) in [4.78, 5) is 0. The zero-order valence-corrected chi connectivity index (χ0v) is 8.89. The van der Waals surface area contributed by atoms with Crippen LogP contribution in [0.15, 0.2) is 0 Å². The van der Waals surface area contributed by atoms with E-state index in [0.717, 1.165) is 17.8 Å². The Hall–Kier alpha value is -0.0400. The van der Waals surface area contributed by atoms with Crippen molar-refractivity contribution >= 4 is 0 Å². The molecule has 0 spiro atoms. The maximum absolute atomic E-state index is 3.56. The highest BCUT2D eigenvalue weighted by Crippen LogP contribution is 2.32. The summed E-state index contributed by atoms with van der Waals surface area (Å²) in [5.74, 6) is 2.99. The first kappa shape index (κ1) is 9.51. The second kappa shape index (κ2) is 4.45. The van der Waals surface area contributed by atoms with E-state index in [1.54, 1.807) is 0 Å². The Morgan fingerprint density at radius 1 is 1.08 bits per heavy atom. The van der Waals surface area contributed by atoms with E-state index < -0.39 is 0 Å². The van der Waals surface area contributed by atoms with Gasteiger partial charge in [-0.25, -0.2) is 0 Å². The lowest BCUT2D eigenvalue weighted by Crippen LogP contribution is -2.35. The van der Waals surface area contributed by atoms with Crippen LogP contribution in [0, 0.1) is 17.8 Å². The standard InChI is InChI=1S/C12H23N/c1-10-6-12(9-13-8-10)7-11-4-2-3-5-11/h10-13H,2-9H2,1H3. The van der Waals surface area contributed by atoms with Crippen LogP contribution in [0.5, 0.6) is 0 Å². The van der Waals surface area contributed by atoms with Crippen LogP contribution in [0.25, 0.3) is 0 Å². The van der Waals surface area contributed by atoms with Crippen molar-refractivity contribution in [2.45, 2.75) is 45.4 Å². The van der Waals surface area contributed by atoms with Gasteiger partial charge in [0.25, 0.3) is 0 Å². The van der Waals surface area contributed by atoms with Crippen molar-refractivity contribution in [3.63, 3.8) is 0 Å². The van der Waals surface area contributed by atoms with Gasteiger partial charge in [-0.3, -0.25) is 0 Å². The lowest BCUT2D eigenvalue weighted by atomic mass is 9.84. The average Bonchev–Trinajstić information content (AvgIpc) is 2.57. The molecule has 13 heavy (non-hydrogen) atoms. The van der Waals surface area contributed by atoms with Crippen LogP contribution in [0.4, 0.5) is 0 Å². The molecule has 1 aliphatic carbocycles. The molecular formula is C12H23N. The fourth-order valence-electron chi connectivity index (χ4n) is 3.17. The van der Waals surface area contributed by atoms with Crippen molar-refractivity contribution in [3.8, 4) is 0 Å². The molecule has 1 saturated heterocycles. The van der Waals surface area contributed by atoms with E-state index in [4.69, 9.17) is 0 Å². The van der Waals surface area contributed by atoms with Gasteiger partial charge in [-0.2, -0.15) is 0 Å². The lowest BCUT2D eigenvalue weighted by Gasteiger charge is -2.29. The quantitative estimate of drug-likeness (QED) is 0.690. The maximum atomic E-state index is 3.56. The molecule has 1 saturated carbocycles. The molecule has 1 nitrogen and oxygen atoms in total. The summed E-state index contributed by atoms with van der Waals surface area (Å²) in [5.41, 5.74) is 0. The van der Waals surface area contributed by atoms with Gasteiger partial charge in [0.1, 0.15) is 0 Å². The molecule has 0 radical (unpaired) electrons. The summed E-state index contributed by atoms with van der Waals surface area (Å²) in [6, 6.07) is 0.